The highest BCUT2D eigenvalue weighted by Crippen LogP contribution is 2.16. The van der Waals surface area contributed by atoms with E-state index in [0.29, 0.717) is 17.1 Å². The van der Waals surface area contributed by atoms with E-state index >= 15 is 0 Å². The third-order valence-electron chi connectivity index (χ3n) is 3.67. The van der Waals surface area contributed by atoms with Gasteiger partial charge in [0.05, 0.1) is 6.54 Å². The molecule has 0 aliphatic carbocycles. The molecule has 0 spiro atoms. The number of H-pyrrole nitrogens is 1. The minimum absolute atomic E-state index is 0.0947. The van der Waals surface area contributed by atoms with Crippen LogP contribution >= 0.6 is 12.2 Å². The SMILES string of the molecule is CCCN(CCC)CC(=O)Nn1c(-c2ccc(C)cc2)n[nH]c1=S. The van der Waals surface area contributed by atoms with Crippen molar-refractivity contribution < 1.29 is 4.79 Å². The van der Waals surface area contributed by atoms with Gasteiger partial charge in [-0.1, -0.05) is 43.7 Å². The molecule has 24 heavy (non-hydrogen) atoms. The van der Waals surface area contributed by atoms with Crippen molar-refractivity contribution >= 4 is 18.1 Å². The van der Waals surface area contributed by atoms with Crippen molar-refractivity contribution in [2.45, 2.75) is 33.6 Å². The Labute approximate surface area is 147 Å². The molecule has 0 aliphatic heterocycles. The summed E-state index contributed by atoms with van der Waals surface area (Å²) in [6.07, 6.45) is 2.04. The number of carbonyl (C=O) groups excluding carboxylic acids is 1. The molecule has 0 unspecified atom stereocenters. The van der Waals surface area contributed by atoms with Gasteiger partial charge >= 0.3 is 0 Å². The highest BCUT2D eigenvalue weighted by atomic mass is 32.1. The van der Waals surface area contributed by atoms with Gasteiger partial charge in [0, 0.05) is 5.56 Å². The second-order valence-corrected chi connectivity index (χ2v) is 6.25. The fourth-order valence-electron chi connectivity index (χ4n) is 2.56. The second-order valence-electron chi connectivity index (χ2n) is 5.86. The van der Waals surface area contributed by atoms with Gasteiger partial charge in [0.15, 0.2) is 5.82 Å². The molecule has 0 aliphatic rings. The normalized spacial score (nSPS) is 11.0. The molecular formula is C17H25N5OS. The average molecular weight is 347 g/mol. The molecule has 1 aromatic carbocycles. The Bertz CT molecular complexity index is 713. The number of carbonyl (C=O) groups is 1. The predicted octanol–water partition coefficient (Wildman–Crippen LogP) is 3.11. The number of nitrogens with zero attached hydrogens (tertiary/aromatic N) is 3. The largest absolute Gasteiger partial charge is 0.294 e. The van der Waals surface area contributed by atoms with Gasteiger partial charge in [-0.05, 0) is 45.1 Å². The molecule has 0 fully saturated rings. The number of amides is 1. The van der Waals surface area contributed by atoms with Crippen molar-refractivity contribution in [1.29, 1.82) is 0 Å². The first-order chi connectivity index (χ1) is 11.5. The first-order valence-corrected chi connectivity index (χ1v) is 8.72. The summed E-state index contributed by atoms with van der Waals surface area (Å²) in [5.74, 6) is 0.508. The van der Waals surface area contributed by atoms with Crippen LogP contribution in [0.15, 0.2) is 24.3 Å². The molecule has 1 aromatic heterocycles. The number of nitrogens with one attached hydrogen (secondary N) is 2. The highest BCUT2D eigenvalue weighted by molar-refractivity contribution is 7.71. The lowest BCUT2D eigenvalue weighted by Crippen LogP contribution is -2.37. The molecule has 2 aromatic rings. The van der Waals surface area contributed by atoms with E-state index in [2.05, 4.69) is 34.4 Å². The van der Waals surface area contributed by atoms with E-state index in [0.717, 1.165) is 31.5 Å². The molecular weight excluding hydrogens is 322 g/mol. The lowest BCUT2D eigenvalue weighted by atomic mass is 10.1. The molecule has 7 heteroatoms. The Morgan fingerprint density at radius 1 is 1.25 bits per heavy atom. The van der Waals surface area contributed by atoms with Crippen LogP contribution in [0.25, 0.3) is 11.4 Å². The summed E-state index contributed by atoms with van der Waals surface area (Å²) in [5.41, 5.74) is 4.92. The van der Waals surface area contributed by atoms with Gasteiger partial charge < -0.3 is 0 Å². The summed E-state index contributed by atoms with van der Waals surface area (Å²) in [4.78, 5) is 14.5. The number of aryl methyl sites for hydroxylation is 1. The van der Waals surface area contributed by atoms with Crippen LogP contribution in [0.3, 0.4) is 0 Å². The lowest BCUT2D eigenvalue weighted by molar-refractivity contribution is -0.118. The third-order valence-corrected chi connectivity index (χ3v) is 3.94. The number of hydrogen-bond acceptors (Lipinski definition) is 4. The zero-order chi connectivity index (χ0) is 17.5. The van der Waals surface area contributed by atoms with Gasteiger partial charge in [-0.2, -0.15) is 5.10 Å². The minimum Gasteiger partial charge on any atom is -0.294 e. The summed E-state index contributed by atoms with van der Waals surface area (Å²) >= 11 is 5.25. The van der Waals surface area contributed by atoms with Crippen molar-refractivity contribution in [1.82, 2.24) is 19.8 Å². The molecule has 0 bridgehead atoms. The van der Waals surface area contributed by atoms with Crippen LogP contribution in [0, 0.1) is 11.7 Å². The molecule has 0 saturated heterocycles. The summed E-state index contributed by atoms with van der Waals surface area (Å²) in [7, 11) is 0. The van der Waals surface area contributed by atoms with Crippen molar-refractivity contribution in [3.63, 3.8) is 0 Å². The molecule has 1 heterocycles. The number of aromatic amines is 1. The Kier molecular flexibility index (Phi) is 6.69. The maximum Gasteiger partial charge on any atom is 0.253 e. The minimum atomic E-state index is -0.0947. The molecule has 130 valence electrons. The maximum absolute atomic E-state index is 12.4. The first-order valence-electron chi connectivity index (χ1n) is 8.31. The van der Waals surface area contributed by atoms with Crippen molar-refractivity contribution in [3.8, 4) is 11.4 Å². The van der Waals surface area contributed by atoms with E-state index in [9.17, 15) is 4.79 Å². The zero-order valence-electron chi connectivity index (χ0n) is 14.5. The lowest BCUT2D eigenvalue weighted by Gasteiger charge is -2.20. The van der Waals surface area contributed by atoms with E-state index in [1.54, 1.807) is 4.68 Å². The van der Waals surface area contributed by atoms with Gasteiger partial charge in [0.25, 0.3) is 5.91 Å². The second kappa shape index (κ2) is 8.75. The molecule has 1 amide bonds. The van der Waals surface area contributed by atoms with E-state index in [4.69, 9.17) is 12.2 Å². The monoisotopic (exact) mass is 347 g/mol. The smallest absolute Gasteiger partial charge is 0.253 e. The number of aromatic nitrogens is 3. The quantitative estimate of drug-likeness (QED) is 0.720. The third kappa shape index (κ3) is 4.75. The van der Waals surface area contributed by atoms with Gasteiger partial charge in [0.2, 0.25) is 4.77 Å². The summed E-state index contributed by atoms with van der Waals surface area (Å²) in [5, 5.41) is 6.98. The molecule has 2 rings (SSSR count). The van der Waals surface area contributed by atoms with Crippen LogP contribution in [-0.4, -0.2) is 45.3 Å². The molecule has 0 atom stereocenters. The number of hydrogen-bond donors (Lipinski definition) is 2. The zero-order valence-corrected chi connectivity index (χ0v) is 15.3. The van der Waals surface area contributed by atoms with Crippen molar-refractivity contribution in [2.24, 2.45) is 0 Å². The van der Waals surface area contributed by atoms with Crippen LogP contribution < -0.4 is 5.43 Å². The van der Waals surface area contributed by atoms with Gasteiger partial charge in [-0.3, -0.25) is 15.1 Å². The van der Waals surface area contributed by atoms with E-state index in [1.165, 1.54) is 5.56 Å². The Hall–Kier alpha value is -1.99. The Balaban J connectivity index is 2.15. The first kappa shape index (κ1) is 18.4. The molecule has 2 N–H and O–H groups in total. The maximum atomic E-state index is 12.4. The molecule has 0 saturated carbocycles. The standard InChI is InChI=1S/C17H25N5OS/c1-4-10-21(11-5-2)12-15(23)20-22-16(18-19-17(22)24)14-8-6-13(3)7-9-14/h6-9H,4-5,10-12H2,1-3H3,(H,19,24)(H,20,23). The van der Waals surface area contributed by atoms with Crippen LogP contribution in [0.2, 0.25) is 0 Å². The summed E-state index contributed by atoms with van der Waals surface area (Å²) < 4.78 is 1.91. The average Bonchev–Trinajstić information content (AvgIpc) is 2.90. The van der Waals surface area contributed by atoms with Gasteiger partial charge in [-0.15, -0.1) is 0 Å². The fraction of sp³-hybridized carbons (Fsp3) is 0.471. The van der Waals surface area contributed by atoms with E-state index < -0.39 is 0 Å². The van der Waals surface area contributed by atoms with E-state index in [1.807, 2.05) is 31.2 Å². The van der Waals surface area contributed by atoms with Crippen LogP contribution in [0.1, 0.15) is 32.3 Å². The molecule has 0 radical (unpaired) electrons. The Morgan fingerprint density at radius 2 is 1.88 bits per heavy atom. The summed E-state index contributed by atoms with van der Waals surface area (Å²) in [6, 6.07) is 7.93. The fourth-order valence-corrected chi connectivity index (χ4v) is 2.74. The van der Waals surface area contributed by atoms with E-state index in [-0.39, 0.29) is 5.91 Å². The van der Waals surface area contributed by atoms with Crippen LogP contribution in [0.4, 0.5) is 0 Å². The van der Waals surface area contributed by atoms with Crippen LogP contribution in [0.5, 0.6) is 0 Å². The van der Waals surface area contributed by atoms with Crippen molar-refractivity contribution in [3.05, 3.63) is 34.6 Å². The van der Waals surface area contributed by atoms with Crippen molar-refractivity contribution in [2.75, 3.05) is 25.1 Å². The number of benzene rings is 1. The van der Waals surface area contributed by atoms with Gasteiger partial charge in [0.1, 0.15) is 0 Å². The number of rotatable bonds is 8. The predicted molar refractivity (Wildman–Crippen MR) is 99.0 cm³/mol. The highest BCUT2D eigenvalue weighted by Gasteiger charge is 2.14. The van der Waals surface area contributed by atoms with Gasteiger partial charge in [-0.25, -0.2) is 9.77 Å². The Morgan fingerprint density at radius 3 is 2.46 bits per heavy atom. The van der Waals surface area contributed by atoms with Crippen LogP contribution in [-0.2, 0) is 4.79 Å². The summed E-state index contributed by atoms with van der Waals surface area (Å²) in [6.45, 7) is 8.41. The topological polar surface area (TPSA) is 66.0 Å². The molecule has 6 nitrogen and oxygen atoms in total.